The fraction of sp³-hybridized carbons (Fsp3) is 0.562. The van der Waals surface area contributed by atoms with Gasteiger partial charge in [-0.15, -0.1) is 0 Å². The minimum atomic E-state index is -0.917. The maximum atomic E-state index is 11.1. The van der Waals surface area contributed by atoms with E-state index in [9.17, 15) is 5.11 Å². The molecule has 3 unspecified atom stereocenters. The van der Waals surface area contributed by atoms with Gasteiger partial charge in [0.1, 0.15) is 16.2 Å². The summed E-state index contributed by atoms with van der Waals surface area (Å²) >= 11 is 1.73. The number of allylic oxidation sites excluding steroid dienone is 3. The molecule has 0 amide bonds. The normalized spacial score (nSPS) is 44.2. The Morgan fingerprint density at radius 1 is 1.40 bits per heavy atom. The van der Waals surface area contributed by atoms with E-state index >= 15 is 0 Å². The topological polar surface area (TPSA) is 45.1 Å². The number of ether oxygens (including phenoxy) is 1. The first-order valence-electron chi connectivity index (χ1n) is 7.21. The van der Waals surface area contributed by atoms with Gasteiger partial charge in [0.15, 0.2) is 5.60 Å². The maximum absolute atomic E-state index is 11.1. The molecule has 20 heavy (non-hydrogen) atoms. The average Bonchev–Trinajstić information content (AvgIpc) is 2.80. The molecule has 3 atom stereocenters. The summed E-state index contributed by atoms with van der Waals surface area (Å²) in [6, 6.07) is 0. The standard InChI is InChI=1S/C16H19NO2S/c1-14(2)16(19-14,15(18)9-5-6-10-15)13-17-11-7-3-4-8-12(11)20-13/h4-5,7-9,12,18H,3,6,10H2,1-2H3. The Balaban J connectivity index is 1.76. The van der Waals surface area contributed by atoms with E-state index in [0.29, 0.717) is 5.25 Å². The van der Waals surface area contributed by atoms with Crippen LogP contribution in [0.2, 0.25) is 0 Å². The number of hydrogen-bond acceptors (Lipinski definition) is 4. The van der Waals surface area contributed by atoms with Crippen LogP contribution < -0.4 is 0 Å². The summed E-state index contributed by atoms with van der Waals surface area (Å²) in [5.41, 5.74) is -0.826. The third kappa shape index (κ3) is 1.47. The van der Waals surface area contributed by atoms with Crippen LogP contribution in [0.3, 0.4) is 0 Å². The van der Waals surface area contributed by atoms with Gasteiger partial charge >= 0.3 is 0 Å². The fourth-order valence-corrected chi connectivity index (χ4v) is 5.14. The van der Waals surface area contributed by atoms with Gasteiger partial charge in [0.05, 0.1) is 10.9 Å². The van der Waals surface area contributed by atoms with Crippen LogP contribution in [-0.2, 0) is 4.74 Å². The highest BCUT2D eigenvalue weighted by Crippen LogP contribution is 2.61. The molecule has 0 radical (unpaired) electrons. The molecule has 4 rings (SSSR count). The number of fused-ring (bicyclic) bond motifs is 1. The molecule has 2 aliphatic heterocycles. The lowest BCUT2D eigenvalue weighted by Crippen LogP contribution is -2.50. The van der Waals surface area contributed by atoms with E-state index < -0.39 is 11.2 Å². The van der Waals surface area contributed by atoms with Gasteiger partial charge in [-0.2, -0.15) is 0 Å². The summed E-state index contributed by atoms with van der Waals surface area (Å²) in [7, 11) is 0. The van der Waals surface area contributed by atoms with Crippen LogP contribution in [0.1, 0.15) is 33.1 Å². The number of epoxide rings is 1. The molecule has 4 aliphatic rings. The van der Waals surface area contributed by atoms with Gasteiger partial charge in [-0.3, -0.25) is 0 Å². The Morgan fingerprint density at radius 3 is 2.80 bits per heavy atom. The van der Waals surface area contributed by atoms with Crippen molar-refractivity contribution in [3.8, 4) is 0 Å². The van der Waals surface area contributed by atoms with Crippen molar-refractivity contribution in [2.45, 2.75) is 55.2 Å². The van der Waals surface area contributed by atoms with Crippen LogP contribution >= 0.6 is 11.8 Å². The molecule has 0 spiro atoms. The number of thioether (sulfide) groups is 1. The summed E-state index contributed by atoms with van der Waals surface area (Å²) in [5, 5.41) is 12.3. The van der Waals surface area contributed by atoms with Crippen molar-refractivity contribution in [1.29, 1.82) is 0 Å². The second-order valence-corrected chi connectivity index (χ2v) is 7.54. The summed E-state index contributed by atoms with van der Waals surface area (Å²) < 4.78 is 6.06. The van der Waals surface area contributed by atoms with Crippen molar-refractivity contribution >= 4 is 16.8 Å². The first-order chi connectivity index (χ1) is 9.49. The Hall–Kier alpha value is -0.840. The van der Waals surface area contributed by atoms with E-state index in [0.717, 1.165) is 30.0 Å². The highest BCUT2D eigenvalue weighted by molar-refractivity contribution is 8.15. The van der Waals surface area contributed by atoms with Crippen LogP contribution in [0.4, 0.5) is 0 Å². The second kappa shape index (κ2) is 3.87. The van der Waals surface area contributed by atoms with Gasteiger partial charge in [-0.1, -0.05) is 42.1 Å². The van der Waals surface area contributed by atoms with Crippen molar-refractivity contribution in [3.05, 3.63) is 36.1 Å². The molecule has 1 N–H and O–H groups in total. The van der Waals surface area contributed by atoms with Gasteiger partial charge in [-0.25, -0.2) is 4.99 Å². The van der Waals surface area contributed by atoms with Crippen molar-refractivity contribution in [3.63, 3.8) is 0 Å². The Bertz CT molecular complexity index is 589. The zero-order valence-corrected chi connectivity index (χ0v) is 12.6. The van der Waals surface area contributed by atoms with Crippen LogP contribution in [0.15, 0.2) is 41.1 Å². The van der Waals surface area contributed by atoms with E-state index in [-0.39, 0.29) is 5.60 Å². The van der Waals surface area contributed by atoms with Gasteiger partial charge in [0.25, 0.3) is 0 Å². The van der Waals surface area contributed by atoms with Crippen LogP contribution in [0.25, 0.3) is 0 Å². The molecule has 2 aliphatic carbocycles. The highest BCUT2D eigenvalue weighted by atomic mass is 32.2. The number of aliphatic imine (C=N–C) groups is 1. The van der Waals surface area contributed by atoms with E-state index in [1.807, 2.05) is 26.0 Å². The first kappa shape index (κ1) is 12.9. The minimum Gasteiger partial charge on any atom is -0.382 e. The lowest BCUT2D eigenvalue weighted by molar-refractivity contribution is 0.0358. The third-order valence-corrected chi connectivity index (χ3v) is 6.00. The lowest BCUT2D eigenvalue weighted by Gasteiger charge is -2.30. The van der Waals surface area contributed by atoms with Crippen molar-refractivity contribution in [1.82, 2.24) is 0 Å². The molecule has 106 valence electrons. The summed E-state index contributed by atoms with van der Waals surface area (Å²) in [4.78, 5) is 4.80. The molecular formula is C16H19NO2S. The van der Waals surface area contributed by atoms with Gasteiger partial charge in [0.2, 0.25) is 0 Å². The zero-order valence-electron chi connectivity index (χ0n) is 11.8. The largest absolute Gasteiger partial charge is 0.382 e. The van der Waals surface area contributed by atoms with Crippen LogP contribution in [0.5, 0.6) is 0 Å². The van der Waals surface area contributed by atoms with Crippen molar-refractivity contribution in [2.75, 3.05) is 0 Å². The Kier molecular flexibility index (Phi) is 2.49. The quantitative estimate of drug-likeness (QED) is 0.628. The molecule has 0 aromatic rings. The molecular weight excluding hydrogens is 270 g/mol. The molecule has 4 heteroatoms. The van der Waals surface area contributed by atoms with E-state index in [1.165, 1.54) is 0 Å². The van der Waals surface area contributed by atoms with Crippen molar-refractivity contribution in [2.24, 2.45) is 4.99 Å². The average molecular weight is 289 g/mol. The Morgan fingerprint density at radius 2 is 2.20 bits per heavy atom. The fourth-order valence-electron chi connectivity index (χ4n) is 3.65. The minimum absolute atomic E-state index is 0.296. The van der Waals surface area contributed by atoms with E-state index in [4.69, 9.17) is 9.73 Å². The zero-order chi connectivity index (χ0) is 14.0. The molecule has 2 heterocycles. The molecule has 1 fully saturated rings. The van der Waals surface area contributed by atoms with Gasteiger partial charge < -0.3 is 9.84 Å². The lowest BCUT2D eigenvalue weighted by atomic mass is 9.79. The number of hydrogen-bond donors (Lipinski definition) is 1. The molecule has 1 saturated heterocycles. The molecule has 0 aromatic heterocycles. The smallest absolute Gasteiger partial charge is 0.177 e. The maximum Gasteiger partial charge on any atom is 0.177 e. The molecule has 0 aromatic carbocycles. The van der Waals surface area contributed by atoms with Gasteiger partial charge in [0, 0.05) is 0 Å². The molecule has 0 saturated carbocycles. The Labute approximate surface area is 123 Å². The molecule has 0 bridgehead atoms. The monoisotopic (exact) mass is 289 g/mol. The van der Waals surface area contributed by atoms with Crippen LogP contribution in [-0.4, -0.2) is 32.2 Å². The van der Waals surface area contributed by atoms with Crippen molar-refractivity contribution < 1.29 is 9.84 Å². The first-order valence-corrected chi connectivity index (χ1v) is 8.09. The van der Waals surface area contributed by atoms with E-state index in [1.54, 1.807) is 11.8 Å². The summed E-state index contributed by atoms with van der Waals surface area (Å²) in [6.45, 7) is 4.10. The van der Waals surface area contributed by atoms with Gasteiger partial charge in [-0.05, 0) is 33.1 Å². The third-order valence-electron chi connectivity index (χ3n) is 4.75. The summed E-state index contributed by atoms with van der Waals surface area (Å²) in [5.74, 6) is 0. The summed E-state index contributed by atoms with van der Waals surface area (Å²) in [6.07, 6.45) is 13.1. The number of aliphatic hydroxyl groups is 1. The van der Waals surface area contributed by atoms with E-state index in [2.05, 4.69) is 18.2 Å². The second-order valence-electron chi connectivity index (χ2n) is 6.41. The van der Waals surface area contributed by atoms with Crippen LogP contribution in [0, 0.1) is 0 Å². The molecule has 3 nitrogen and oxygen atoms in total. The predicted octanol–water partition coefficient (Wildman–Crippen LogP) is 2.97. The SMILES string of the molecule is CC1(C)OC1(C1=NC2=CCC=CC2S1)C1(O)C=CCC1. The predicted molar refractivity (Wildman–Crippen MR) is 81.9 cm³/mol. The highest BCUT2D eigenvalue weighted by Gasteiger charge is 2.77. The number of nitrogens with zero attached hydrogens (tertiary/aromatic N) is 1. The number of rotatable bonds is 2.